The van der Waals surface area contributed by atoms with Crippen LogP contribution in [-0.4, -0.2) is 45.8 Å². The molecule has 2 rings (SSSR count). The summed E-state index contributed by atoms with van der Waals surface area (Å²) in [7, 11) is 1.97. The average Bonchev–Trinajstić information content (AvgIpc) is 3.07. The molecule has 0 saturated heterocycles. The van der Waals surface area contributed by atoms with Crippen molar-refractivity contribution >= 4 is 35.0 Å². The first kappa shape index (κ1) is 23.3. The van der Waals surface area contributed by atoms with E-state index in [-0.39, 0.29) is 18.4 Å². The molecule has 5 nitrogen and oxygen atoms in total. The van der Waals surface area contributed by atoms with Crippen molar-refractivity contribution in [3.05, 3.63) is 57.8 Å². The van der Waals surface area contributed by atoms with E-state index in [1.165, 1.54) is 0 Å². The van der Waals surface area contributed by atoms with E-state index in [1.54, 1.807) is 23.1 Å². The van der Waals surface area contributed by atoms with Crippen molar-refractivity contribution in [3.8, 4) is 0 Å². The fourth-order valence-corrected chi connectivity index (χ4v) is 3.67. The highest BCUT2D eigenvalue weighted by molar-refractivity contribution is 6.35. The molecule has 1 heterocycles. The van der Waals surface area contributed by atoms with Crippen molar-refractivity contribution < 1.29 is 9.59 Å². The molecule has 158 valence electrons. The number of benzene rings is 1. The number of hydrogen-bond donors (Lipinski definition) is 0. The number of aryl methyl sites for hydroxylation is 1. The highest BCUT2D eigenvalue weighted by atomic mass is 35.5. The number of carbonyl (C=O) groups is 2. The molecule has 7 heteroatoms. The zero-order chi connectivity index (χ0) is 21.4. The molecular weight excluding hydrogens is 409 g/mol. The second kappa shape index (κ2) is 11.3. The smallest absolute Gasteiger partial charge is 0.254 e. The Balaban J connectivity index is 2.17. The van der Waals surface area contributed by atoms with Crippen molar-refractivity contribution in [1.29, 1.82) is 0 Å². The zero-order valence-corrected chi connectivity index (χ0v) is 18.8. The molecule has 0 saturated carbocycles. The van der Waals surface area contributed by atoms with Crippen molar-refractivity contribution in [1.82, 2.24) is 14.4 Å². The summed E-state index contributed by atoms with van der Waals surface area (Å²) < 4.78 is 2.01. The molecule has 0 fully saturated rings. The molecule has 1 aromatic heterocycles. The van der Waals surface area contributed by atoms with Crippen molar-refractivity contribution in [2.24, 2.45) is 7.05 Å². The van der Waals surface area contributed by atoms with E-state index in [0.717, 1.165) is 25.0 Å². The summed E-state index contributed by atoms with van der Waals surface area (Å²) in [5.74, 6) is -0.298. The average molecular weight is 438 g/mol. The van der Waals surface area contributed by atoms with Crippen LogP contribution in [0, 0.1) is 0 Å². The first-order valence-electron chi connectivity index (χ1n) is 9.99. The summed E-state index contributed by atoms with van der Waals surface area (Å²) in [6.45, 7) is 5.79. The van der Waals surface area contributed by atoms with Gasteiger partial charge < -0.3 is 14.4 Å². The molecule has 0 N–H and O–H groups in total. The van der Waals surface area contributed by atoms with Crippen molar-refractivity contribution in [2.45, 2.75) is 39.7 Å². The number of aromatic nitrogens is 1. The highest BCUT2D eigenvalue weighted by Crippen LogP contribution is 2.20. The van der Waals surface area contributed by atoms with Gasteiger partial charge in [0.05, 0.1) is 6.54 Å². The van der Waals surface area contributed by atoms with E-state index < -0.39 is 0 Å². The third kappa shape index (κ3) is 6.79. The number of nitrogens with zero attached hydrogens (tertiary/aromatic N) is 3. The van der Waals surface area contributed by atoms with Crippen LogP contribution in [0.1, 0.15) is 49.2 Å². The van der Waals surface area contributed by atoms with Crippen molar-refractivity contribution in [3.63, 3.8) is 0 Å². The van der Waals surface area contributed by atoms with Gasteiger partial charge in [-0.15, -0.1) is 0 Å². The molecular formula is C22H29Cl2N3O2. The zero-order valence-electron chi connectivity index (χ0n) is 17.3. The Morgan fingerprint density at radius 2 is 1.69 bits per heavy atom. The standard InChI is InChI=1S/C22H29Cl2N3O2/c1-4-6-11-26(15-20-8-7-10-25(20)3)21(28)16-27(9-5-2)22(29)17-12-18(23)14-19(24)13-17/h7-8,10,12-14H,4-6,9,11,15-16H2,1-3H3. The minimum Gasteiger partial charge on any atom is -0.353 e. The maximum absolute atomic E-state index is 13.1. The second-order valence-electron chi connectivity index (χ2n) is 7.16. The van der Waals surface area contributed by atoms with Gasteiger partial charge in [-0.3, -0.25) is 9.59 Å². The monoisotopic (exact) mass is 437 g/mol. The van der Waals surface area contributed by atoms with Crippen LogP contribution >= 0.6 is 23.2 Å². The lowest BCUT2D eigenvalue weighted by Gasteiger charge is -2.28. The number of amides is 2. The maximum atomic E-state index is 13.1. The molecule has 0 aliphatic rings. The van der Waals surface area contributed by atoms with Crippen LogP contribution < -0.4 is 0 Å². The predicted molar refractivity (Wildman–Crippen MR) is 118 cm³/mol. The fourth-order valence-electron chi connectivity index (χ4n) is 3.14. The Morgan fingerprint density at radius 3 is 2.24 bits per heavy atom. The van der Waals surface area contributed by atoms with Gasteiger partial charge in [0.1, 0.15) is 6.54 Å². The Labute approximate surface area is 183 Å². The van der Waals surface area contributed by atoms with Crippen LogP contribution in [0.15, 0.2) is 36.5 Å². The van der Waals surface area contributed by atoms with Crippen LogP contribution in [-0.2, 0) is 18.4 Å². The molecule has 1 aromatic carbocycles. The van der Waals surface area contributed by atoms with E-state index >= 15 is 0 Å². The van der Waals surface area contributed by atoms with E-state index in [1.807, 2.05) is 41.8 Å². The van der Waals surface area contributed by atoms with Gasteiger partial charge in [-0.05, 0) is 43.2 Å². The van der Waals surface area contributed by atoms with Gasteiger partial charge in [-0.2, -0.15) is 0 Å². The minimum absolute atomic E-state index is 0.0327. The van der Waals surface area contributed by atoms with Gasteiger partial charge in [0.2, 0.25) is 5.91 Å². The lowest BCUT2D eigenvalue weighted by Crippen LogP contribution is -2.43. The summed E-state index contributed by atoms with van der Waals surface area (Å²) in [6, 6.07) is 8.73. The van der Waals surface area contributed by atoms with Crippen LogP contribution in [0.25, 0.3) is 0 Å². The molecule has 0 atom stereocenters. The Morgan fingerprint density at radius 1 is 1.00 bits per heavy atom. The Bertz CT molecular complexity index is 815. The third-order valence-corrected chi connectivity index (χ3v) is 5.19. The molecule has 0 radical (unpaired) electrons. The molecule has 2 amide bonds. The predicted octanol–water partition coefficient (Wildman–Crippen LogP) is 5.01. The summed E-state index contributed by atoms with van der Waals surface area (Å²) >= 11 is 12.1. The van der Waals surface area contributed by atoms with Gasteiger partial charge in [0.15, 0.2) is 0 Å². The lowest BCUT2D eigenvalue weighted by atomic mass is 10.2. The van der Waals surface area contributed by atoms with Gasteiger partial charge in [0.25, 0.3) is 5.91 Å². The SMILES string of the molecule is CCCCN(Cc1cccn1C)C(=O)CN(CCC)C(=O)c1cc(Cl)cc(Cl)c1. The van der Waals surface area contributed by atoms with Crippen LogP contribution in [0.4, 0.5) is 0 Å². The maximum Gasteiger partial charge on any atom is 0.254 e. The summed E-state index contributed by atoms with van der Waals surface area (Å²) in [5, 5.41) is 0.800. The highest BCUT2D eigenvalue weighted by Gasteiger charge is 2.23. The lowest BCUT2D eigenvalue weighted by molar-refractivity contribution is -0.132. The van der Waals surface area contributed by atoms with E-state index in [2.05, 4.69) is 6.92 Å². The Kier molecular flexibility index (Phi) is 9.05. The third-order valence-electron chi connectivity index (χ3n) is 4.75. The van der Waals surface area contributed by atoms with Crippen LogP contribution in [0.3, 0.4) is 0 Å². The number of hydrogen-bond acceptors (Lipinski definition) is 2. The number of unbranched alkanes of at least 4 members (excludes halogenated alkanes) is 1. The largest absolute Gasteiger partial charge is 0.353 e. The van der Waals surface area contributed by atoms with Gasteiger partial charge in [-0.25, -0.2) is 0 Å². The Hall–Kier alpha value is -1.98. The van der Waals surface area contributed by atoms with Gasteiger partial charge >= 0.3 is 0 Å². The van der Waals surface area contributed by atoms with Gasteiger partial charge in [-0.1, -0.05) is 43.5 Å². The molecule has 0 bridgehead atoms. The normalized spacial score (nSPS) is 10.8. The molecule has 29 heavy (non-hydrogen) atoms. The summed E-state index contributed by atoms with van der Waals surface area (Å²) in [5.41, 5.74) is 1.45. The summed E-state index contributed by atoms with van der Waals surface area (Å²) in [6.07, 6.45) is 4.63. The number of carbonyl (C=O) groups excluding carboxylic acids is 2. The summed E-state index contributed by atoms with van der Waals surface area (Å²) in [4.78, 5) is 29.5. The van der Waals surface area contributed by atoms with E-state index in [9.17, 15) is 9.59 Å². The molecule has 0 aliphatic carbocycles. The molecule has 0 spiro atoms. The molecule has 2 aromatic rings. The number of rotatable bonds is 10. The molecule has 0 aliphatic heterocycles. The fraction of sp³-hybridized carbons (Fsp3) is 0.455. The second-order valence-corrected chi connectivity index (χ2v) is 8.04. The van der Waals surface area contributed by atoms with Crippen molar-refractivity contribution in [2.75, 3.05) is 19.6 Å². The quantitative estimate of drug-likeness (QED) is 0.523. The van der Waals surface area contributed by atoms with Crippen LogP contribution in [0.5, 0.6) is 0 Å². The topological polar surface area (TPSA) is 45.6 Å². The first-order chi connectivity index (χ1) is 13.8. The first-order valence-corrected chi connectivity index (χ1v) is 10.7. The minimum atomic E-state index is -0.237. The molecule has 0 unspecified atom stereocenters. The van der Waals surface area contributed by atoms with E-state index in [4.69, 9.17) is 23.2 Å². The van der Waals surface area contributed by atoms with Crippen LogP contribution in [0.2, 0.25) is 10.0 Å². The van der Waals surface area contributed by atoms with Gasteiger partial charge in [0, 0.05) is 47.6 Å². The number of halogens is 2. The van der Waals surface area contributed by atoms with E-state index in [0.29, 0.717) is 35.2 Å².